The molecule has 0 aliphatic rings. The van der Waals surface area contributed by atoms with Crippen LogP contribution in [0.2, 0.25) is 0 Å². The molecule has 36 heavy (non-hydrogen) atoms. The molecule has 7 nitrogen and oxygen atoms in total. The second kappa shape index (κ2) is 9.99. The number of nitrogens with zero attached hydrogens (tertiary/aromatic N) is 4. The Kier molecular flexibility index (Phi) is 6.61. The van der Waals surface area contributed by atoms with Crippen LogP contribution in [0.5, 0.6) is 5.75 Å². The number of ketones is 1. The maximum atomic E-state index is 13.5. The summed E-state index contributed by atoms with van der Waals surface area (Å²) in [5, 5.41) is 9.79. The highest BCUT2D eigenvalue weighted by Crippen LogP contribution is 2.25. The fourth-order valence-electron chi connectivity index (χ4n) is 4.20. The molecular weight excluding hydrogens is 472 g/mol. The lowest BCUT2D eigenvalue weighted by Crippen LogP contribution is -2.22. The van der Waals surface area contributed by atoms with E-state index in [9.17, 15) is 9.59 Å². The first-order valence-corrected chi connectivity index (χ1v) is 12.8. The van der Waals surface area contributed by atoms with Gasteiger partial charge in [-0.25, -0.2) is 4.57 Å². The molecule has 0 saturated carbocycles. The van der Waals surface area contributed by atoms with Crippen LogP contribution >= 0.6 is 11.8 Å². The van der Waals surface area contributed by atoms with E-state index in [1.54, 1.807) is 19.2 Å². The number of thioether (sulfide) groups is 1. The second-order valence-corrected chi connectivity index (χ2v) is 9.56. The van der Waals surface area contributed by atoms with Gasteiger partial charge in [0, 0.05) is 11.6 Å². The van der Waals surface area contributed by atoms with Crippen molar-refractivity contribution in [1.82, 2.24) is 19.2 Å². The standard InChI is InChI=1S/C28H26N4O3S/c1-4-18(2)19-12-14-20(15-13-19)25(33)17-36-28-30-29-27-31(21-8-7-9-22(16-21)35-3)26(34)23-10-5-6-11-24(23)32(27)28/h5-16,18H,4,17H2,1-3H3. The van der Waals surface area contributed by atoms with Crippen molar-refractivity contribution in [3.05, 3.63) is 94.3 Å². The molecule has 0 aliphatic carbocycles. The van der Waals surface area contributed by atoms with Crippen molar-refractivity contribution < 1.29 is 9.53 Å². The van der Waals surface area contributed by atoms with E-state index in [2.05, 4.69) is 24.0 Å². The Morgan fingerprint density at radius 3 is 2.56 bits per heavy atom. The van der Waals surface area contributed by atoms with Crippen molar-refractivity contribution in [2.75, 3.05) is 12.9 Å². The van der Waals surface area contributed by atoms with Crippen molar-refractivity contribution in [3.63, 3.8) is 0 Å². The second-order valence-electron chi connectivity index (χ2n) is 8.62. The van der Waals surface area contributed by atoms with Crippen molar-refractivity contribution in [2.24, 2.45) is 0 Å². The van der Waals surface area contributed by atoms with Gasteiger partial charge in [-0.15, -0.1) is 10.2 Å². The minimum Gasteiger partial charge on any atom is -0.497 e. The van der Waals surface area contributed by atoms with E-state index >= 15 is 0 Å². The van der Waals surface area contributed by atoms with Crippen LogP contribution in [0.15, 0.2) is 82.7 Å². The molecule has 1 atom stereocenters. The van der Waals surface area contributed by atoms with Gasteiger partial charge >= 0.3 is 0 Å². The van der Waals surface area contributed by atoms with Crippen molar-refractivity contribution >= 4 is 34.2 Å². The van der Waals surface area contributed by atoms with Gasteiger partial charge in [-0.1, -0.05) is 68.1 Å². The van der Waals surface area contributed by atoms with Gasteiger partial charge in [0.2, 0.25) is 5.78 Å². The largest absolute Gasteiger partial charge is 0.497 e. The van der Waals surface area contributed by atoms with Crippen LogP contribution in [-0.2, 0) is 0 Å². The molecule has 0 aliphatic heterocycles. The molecule has 0 saturated heterocycles. The summed E-state index contributed by atoms with van der Waals surface area (Å²) in [7, 11) is 1.58. The lowest BCUT2D eigenvalue weighted by molar-refractivity contribution is 0.102. The van der Waals surface area contributed by atoms with Gasteiger partial charge in [-0.05, 0) is 42.2 Å². The third-order valence-electron chi connectivity index (χ3n) is 6.45. The molecule has 2 heterocycles. The number of fused-ring (bicyclic) bond motifs is 3. The number of hydrogen-bond acceptors (Lipinski definition) is 6. The van der Waals surface area contributed by atoms with Gasteiger partial charge in [-0.2, -0.15) is 0 Å². The van der Waals surface area contributed by atoms with E-state index in [1.165, 1.54) is 21.9 Å². The van der Waals surface area contributed by atoms with Gasteiger partial charge in [0.25, 0.3) is 5.56 Å². The van der Waals surface area contributed by atoms with E-state index in [1.807, 2.05) is 65.1 Å². The summed E-state index contributed by atoms with van der Waals surface area (Å²) in [6.07, 6.45) is 1.05. The summed E-state index contributed by atoms with van der Waals surface area (Å²) >= 11 is 1.31. The molecule has 0 bridgehead atoms. The number of benzene rings is 3. The Bertz CT molecular complexity index is 1620. The number of para-hydroxylation sites is 1. The zero-order valence-corrected chi connectivity index (χ0v) is 21.2. The molecule has 1 unspecified atom stereocenters. The Labute approximate surface area is 212 Å². The molecule has 8 heteroatoms. The zero-order valence-electron chi connectivity index (χ0n) is 20.3. The minimum atomic E-state index is -0.201. The summed E-state index contributed by atoms with van der Waals surface area (Å²) in [6, 6.07) is 22.4. The van der Waals surface area contributed by atoms with Gasteiger partial charge in [0.15, 0.2) is 10.9 Å². The first-order valence-electron chi connectivity index (χ1n) is 11.8. The molecule has 2 aromatic heterocycles. The topological polar surface area (TPSA) is 78.5 Å². The fraction of sp³-hybridized carbons (Fsp3) is 0.214. The SMILES string of the molecule is CCC(C)c1ccc(C(=O)CSc2nnc3n(-c4cccc(OC)c4)c(=O)c4ccccc4n23)cc1. The Hall–Kier alpha value is -3.91. The van der Waals surface area contributed by atoms with Crippen LogP contribution in [0.4, 0.5) is 0 Å². The van der Waals surface area contributed by atoms with Crippen LogP contribution in [-0.4, -0.2) is 37.8 Å². The number of carbonyl (C=O) groups is 1. The number of Topliss-reactive ketones (excluding diaryl/α,β-unsaturated/α-hetero) is 1. The van der Waals surface area contributed by atoms with Gasteiger partial charge < -0.3 is 4.74 Å². The quantitative estimate of drug-likeness (QED) is 0.207. The molecule has 0 amide bonds. The van der Waals surface area contributed by atoms with Gasteiger partial charge in [-0.3, -0.25) is 14.0 Å². The maximum absolute atomic E-state index is 13.5. The smallest absolute Gasteiger partial charge is 0.267 e. The number of hydrogen-bond donors (Lipinski definition) is 0. The normalized spacial score (nSPS) is 12.2. The first-order chi connectivity index (χ1) is 17.5. The highest BCUT2D eigenvalue weighted by atomic mass is 32.2. The van der Waals surface area contributed by atoms with Crippen LogP contribution in [0, 0.1) is 0 Å². The average Bonchev–Trinajstić information content (AvgIpc) is 3.35. The number of carbonyl (C=O) groups excluding carboxylic acids is 1. The third kappa shape index (κ3) is 4.28. The van der Waals surface area contributed by atoms with Crippen LogP contribution in [0.3, 0.4) is 0 Å². The van der Waals surface area contributed by atoms with E-state index < -0.39 is 0 Å². The number of rotatable bonds is 8. The maximum Gasteiger partial charge on any atom is 0.267 e. The van der Waals surface area contributed by atoms with Gasteiger partial charge in [0.1, 0.15) is 5.75 Å². The predicted molar refractivity (Wildman–Crippen MR) is 143 cm³/mol. The van der Waals surface area contributed by atoms with Crippen LogP contribution in [0.1, 0.15) is 42.1 Å². The van der Waals surface area contributed by atoms with Crippen molar-refractivity contribution in [1.29, 1.82) is 0 Å². The fourth-order valence-corrected chi connectivity index (χ4v) is 5.04. The summed E-state index contributed by atoms with van der Waals surface area (Å²) in [6.45, 7) is 4.33. The van der Waals surface area contributed by atoms with Crippen LogP contribution in [0.25, 0.3) is 22.4 Å². The zero-order chi connectivity index (χ0) is 25.2. The molecule has 0 N–H and O–H groups in total. The number of methoxy groups -OCH3 is 1. The van der Waals surface area contributed by atoms with E-state index in [0.717, 1.165) is 6.42 Å². The minimum absolute atomic E-state index is 0.0119. The van der Waals surface area contributed by atoms with Crippen molar-refractivity contribution in [3.8, 4) is 11.4 Å². The lowest BCUT2D eigenvalue weighted by Gasteiger charge is -2.12. The first kappa shape index (κ1) is 23.8. The Balaban J connectivity index is 1.54. The molecule has 3 aromatic carbocycles. The van der Waals surface area contributed by atoms with E-state index in [-0.39, 0.29) is 17.1 Å². The highest BCUT2D eigenvalue weighted by Gasteiger charge is 2.19. The van der Waals surface area contributed by atoms with E-state index in [0.29, 0.717) is 44.8 Å². The van der Waals surface area contributed by atoms with Crippen molar-refractivity contribution in [2.45, 2.75) is 31.3 Å². The summed E-state index contributed by atoms with van der Waals surface area (Å²) in [5.74, 6) is 1.68. The predicted octanol–water partition coefficient (Wildman–Crippen LogP) is 5.53. The molecule has 0 radical (unpaired) electrons. The Morgan fingerprint density at radius 2 is 1.81 bits per heavy atom. The lowest BCUT2D eigenvalue weighted by atomic mass is 9.97. The van der Waals surface area contributed by atoms with Crippen LogP contribution < -0.4 is 10.3 Å². The molecule has 182 valence electrons. The number of aromatic nitrogens is 4. The average molecular weight is 499 g/mol. The number of ether oxygens (including phenoxy) is 1. The molecule has 5 rings (SSSR count). The molecule has 0 fully saturated rings. The summed E-state index contributed by atoms with van der Waals surface area (Å²) in [4.78, 5) is 26.4. The Morgan fingerprint density at radius 1 is 1.03 bits per heavy atom. The highest BCUT2D eigenvalue weighted by molar-refractivity contribution is 7.99. The monoisotopic (exact) mass is 498 g/mol. The summed E-state index contributed by atoms with van der Waals surface area (Å²) < 4.78 is 8.71. The molecular formula is C28H26N4O3S. The van der Waals surface area contributed by atoms with Gasteiger partial charge in [0.05, 0.1) is 29.5 Å². The third-order valence-corrected chi connectivity index (χ3v) is 7.38. The summed E-state index contributed by atoms with van der Waals surface area (Å²) in [5.41, 5.74) is 3.01. The molecule has 0 spiro atoms. The van der Waals surface area contributed by atoms with E-state index in [4.69, 9.17) is 4.74 Å². The molecule has 5 aromatic rings.